The highest BCUT2D eigenvalue weighted by molar-refractivity contribution is 14.1. The second-order valence-electron chi connectivity index (χ2n) is 11.7. The summed E-state index contributed by atoms with van der Waals surface area (Å²) in [6.07, 6.45) is 5.96. The number of carbonyl (C=O) groups is 2. The van der Waals surface area contributed by atoms with E-state index in [-0.39, 0.29) is 38.4 Å². The molecule has 0 fully saturated rings. The van der Waals surface area contributed by atoms with Crippen LogP contribution < -0.4 is 9.64 Å². The van der Waals surface area contributed by atoms with Crippen LogP contribution in [0.3, 0.4) is 0 Å². The molecule has 0 spiro atoms. The largest absolute Gasteiger partial charge is 0.493 e. The van der Waals surface area contributed by atoms with E-state index in [0.29, 0.717) is 30.0 Å². The molecule has 7 nitrogen and oxygen atoms in total. The van der Waals surface area contributed by atoms with Crippen LogP contribution in [0.4, 0.5) is 10.5 Å². The maximum Gasteiger partial charge on any atom is 0.416 e. The number of halogens is 1. The number of benzene rings is 1. The van der Waals surface area contributed by atoms with E-state index in [4.69, 9.17) is 13.9 Å². The van der Waals surface area contributed by atoms with Gasteiger partial charge in [-0.1, -0.05) is 76.4 Å². The fourth-order valence-electron chi connectivity index (χ4n) is 4.48. The van der Waals surface area contributed by atoms with Gasteiger partial charge in [-0.25, -0.2) is 9.69 Å². The number of fused-ring (bicyclic) bond motifs is 2. The Balaban J connectivity index is 0.00000400. The highest BCUT2D eigenvalue weighted by Gasteiger charge is 2.50. The van der Waals surface area contributed by atoms with Gasteiger partial charge in [-0.3, -0.25) is 4.79 Å². The summed E-state index contributed by atoms with van der Waals surface area (Å²) in [5.41, 5.74) is 2.82. The van der Waals surface area contributed by atoms with Crippen molar-refractivity contribution in [2.45, 2.75) is 106 Å². The number of amides is 2. The SMILES string of the molecule is C.C.C=CCOC(=O)N1c2cc(OCCCCCI)c(C)cc2C(=O)N2C=C(C)C[C@H]2[C@@H]1O[Si](C)(C)C(C)(C)C. The molecule has 9 heteroatoms. The minimum atomic E-state index is -2.38. The Morgan fingerprint density at radius 2 is 1.85 bits per heavy atom. The van der Waals surface area contributed by atoms with Gasteiger partial charge in [0.15, 0.2) is 14.5 Å². The molecule has 0 saturated carbocycles. The summed E-state index contributed by atoms with van der Waals surface area (Å²) in [6, 6.07) is 3.29. The van der Waals surface area contributed by atoms with Crippen LogP contribution in [0.15, 0.2) is 36.6 Å². The first-order valence-corrected chi connectivity index (χ1v) is 17.8. The summed E-state index contributed by atoms with van der Waals surface area (Å²) in [5.74, 6) is 0.508. The Labute approximate surface area is 257 Å². The van der Waals surface area contributed by atoms with Gasteiger partial charge in [-0.15, -0.1) is 0 Å². The predicted molar refractivity (Wildman–Crippen MR) is 177 cm³/mol. The lowest BCUT2D eigenvalue weighted by atomic mass is 10.1. The fourth-order valence-corrected chi connectivity index (χ4v) is 6.24. The van der Waals surface area contributed by atoms with Crippen molar-refractivity contribution < 1.29 is 23.5 Å². The lowest BCUT2D eigenvalue weighted by molar-refractivity contribution is 0.0589. The third-order valence-electron chi connectivity index (χ3n) is 7.63. The quantitative estimate of drug-likeness (QED) is 0.0809. The summed E-state index contributed by atoms with van der Waals surface area (Å²) in [7, 11) is -2.38. The molecule has 0 saturated heterocycles. The summed E-state index contributed by atoms with van der Waals surface area (Å²) < 4.78 is 19.9. The van der Waals surface area contributed by atoms with Crippen LogP contribution in [0.1, 0.15) is 84.2 Å². The number of hydrogen-bond acceptors (Lipinski definition) is 5. The van der Waals surface area contributed by atoms with Crippen molar-refractivity contribution in [1.29, 1.82) is 0 Å². The number of unbranched alkanes of at least 4 members (excludes halogenated alkanes) is 2. The van der Waals surface area contributed by atoms with Gasteiger partial charge in [-0.2, -0.15) is 0 Å². The second kappa shape index (κ2) is 14.9. The number of aryl methyl sites for hydroxylation is 1. The average molecular weight is 687 g/mol. The van der Waals surface area contributed by atoms with Gasteiger partial charge in [0.05, 0.1) is 23.9 Å². The molecular formula is C31H51IN2O5Si. The molecule has 0 radical (unpaired) electrons. The number of ether oxygens (including phenoxy) is 2. The molecule has 2 atom stereocenters. The van der Waals surface area contributed by atoms with Crippen molar-refractivity contribution in [1.82, 2.24) is 4.90 Å². The first-order chi connectivity index (χ1) is 17.8. The van der Waals surface area contributed by atoms with Gasteiger partial charge in [-0.05, 0) is 73.7 Å². The minimum absolute atomic E-state index is 0. The maximum atomic E-state index is 14.0. The lowest BCUT2D eigenvalue weighted by Crippen LogP contribution is -2.57. The maximum absolute atomic E-state index is 14.0. The standard InChI is InChI=1S/C29H43IN2O5Si.2CH4/c1-9-14-36-28(34)32-23-18-25(35-15-12-10-11-13-30)21(3)17-22(23)26(33)31-19-20(2)16-24(31)27(32)37-38(7,8)29(4,5)6;;/h9,17-19,24,27H,1,10-16H2,2-8H3;2*1H4/t24-,27-;;/m0../s1. The second-order valence-corrected chi connectivity index (χ2v) is 17.5. The zero-order valence-corrected chi connectivity index (χ0v) is 27.1. The molecule has 0 bridgehead atoms. The molecule has 0 aliphatic carbocycles. The Hall–Kier alpha value is -1.85. The average Bonchev–Trinajstić information content (AvgIpc) is 3.20. The smallest absolute Gasteiger partial charge is 0.416 e. The summed E-state index contributed by atoms with van der Waals surface area (Å²) >= 11 is 2.39. The van der Waals surface area contributed by atoms with Crippen molar-refractivity contribution >= 4 is 48.6 Å². The highest BCUT2D eigenvalue weighted by Crippen LogP contribution is 2.44. The molecule has 1 aromatic rings. The normalized spacial score (nSPS) is 18.5. The van der Waals surface area contributed by atoms with E-state index in [0.717, 1.165) is 34.8 Å². The molecule has 2 heterocycles. The number of rotatable bonds is 10. The van der Waals surface area contributed by atoms with Gasteiger partial charge in [0.25, 0.3) is 5.91 Å². The molecule has 0 N–H and O–H groups in total. The Kier molecular flexibility index (Phi) is 13.4. The van der Waals surface area contributed by atoms with Crippen LogP contribution >= 0.6 is 22.6 Å². The molecule has 2 aliphatic rings. The van der Waals surface area contributed by atoms with Crippen LogP contribution in [0.5, 0.6) is 5.75 Å². The van der Waals surface area contributed by atoms with Gasteiger partial charge in [0.2, 0.25) is 0 Å². The van der Waals surface area contributed by atoms with Gasteiger partial charge in [0, 0.05) is 12.3 Å². The molecular weight excluding hydrogens is 635 g/mol. The lowest BCUT2D eigenvalue weighted by Gasteiger charge is -2.44. The molecule has 40 heavy (non-hydrogen) atoms. The molecule has 226 valence electrons. The van der Waals surface area contributed by atoms with Gasteiger partial charge in [0.1, 0.15) is 12.4 Å². The first kappa shape index (κ1) is 36.2. The van der Waals surface area contributed by atoms with Crippen LogP contribution in [-0.4, -0.2) is 55.1 Å². The monoisotopic (exact) mass is 686 g/mol. The summed E-state index contributed by atoms with van der Waals surface area (Å²) in [6.45, 7) is 19.1. The molecule has 1 aromatic carbocycles. The molecule has 0 aromatic heterocycles. The first-order valence-electron chi connectivity index (χ1n) is 13.4. The number of hydrogen-bond donors (Lipinski definition) is 0. The Morgan fingerprint density at radius 1 is 1.18 bits per heavy atom. The van der Waals surface area contributed by atoms with Crippen molar-refractivity contribution in [3.63, 3.8) is 0 Å². The van der Waals surface area contributed by atoms with Crippen LogP contribution in [0.25, 0.3) is 0 Å². The zero-order valence-electron chi connectivity index (χ0n) is 23.9. The van der Waals surface area contributed by atoms with E-state index in [1.807, 2.05) is 32.2 Å². The van der Waals surface area contributed by atoms with Gasteiger partial charge < -0.3 is 18.8 Å². The van der Waals surface area contributed by atoms with Crippen molar-refractivity contribution in [2.75, 3.05) is 22.5 Å². The number of carbonyl (C=O) groups excluding carboxylic acids is 2. The fraction of sp³-hybridized carbons (Fsp3) is 0.613. The highest BCUT2D eigenvalue weighted by atomic mass is 127. The van der Waals surface area contributed by atoms with E-state index in [9.17, 15) is 9.59 Å². The van der Waals surface area contributed by atoms with E-state index in [2.05, 4.69) is 63.0 Å². The third-order valence-corrected chi connectivity index (χ3v) is 12.8. The topological polar surface area (TPSA) is 68.3 Å². The minimum Gasteiger partial charge on any atom is -0.493 e. The number of alkyl halides is 1. The Morgan fingerprint density at radius 3 is 2.45 bits per heavy atom. The molecule has 2 amide bonds. The van der Waals surface area contributed by atoms with E-state index in [1.165, 1.54) is 0 Å². The molecule has 3 rings (SSSR count). The Bertz CT molecular complexity index is 1080. The van der Waals surface area contributed by atoms with Crippen molar-refractivity contribution in [3.05, 3.63) is 47.7 Å². The third kappa shape index (κ3) is 7.91. The van der Waals surface area contributed by atoms with E-state index in [1.54, 1.807) is 15.9 Å². The van der Waals surface area contributed by atoms with Crippen LogP contribution in [0, 0.1) is 6.92 Å². The van der Waals surface area contributed by atoms with Gasteiger partial charge >= 0.3 is 6.09 Å². The molecule has 0 unspecified atom stereocenters. The number of nitrogens with zero attached hydrogens (tertiary/aromatic N) is 2. The van der Waals surface area contributed by atoms with Crippen LogP contribution in [0.2, 0.25) is 18.1 Å². The van der Waals surface area contributed by atoms with Crippen molar-refractivity contribution in [2.24, 2.45) is 0 Å². The van der Waals surface area contributed by atoms with Crippen molar-refractivity contribution in [3.8, 4) is 5.75 Å². The predicted octanol–water partition coefficient (Wildman–Crippen LogP) is 8.86. The summed E-state index contributed by atoms with van der Waals surface area (Å²) in [5, 5.41) is -0.103. The zero-order chi connectivity index (χ0) is 28.3. The molecule has 2 aliphatic heterocycles. The summed E-state index contributed by atoms with van der Waals surface area (Å²) in [4.78, 5) is 31.0. The number of anilines is 1. The van der Waals surface area contributed by atoms with E-state index >= 15 is 0 Å². The van der Waals surface area contributed by atoms with E-state index < -0.39 is 20.6 Å². The van der Waals surface area contributed by atoms with Crippen LogP contribution in [-0.2, 0) is 9.16 Å².